The molecule has 0 saturated heterocycles. The molecule has 4 nitrogen and oxygen atoms in total. The van der Waals surface area contributed by atoms with Crippen molar-refractivity contribution >= 4 is 33.8 Å². The Morgan fingerprint density at radius 1 is 1.12 bits per heavy atom. The molecule has 24 heavy (non-hydrogen) atoms. The summed E-state index contributed by atoms with van der Waals surface area (Å²) in [6.07, 6.45) is 4.53. The van der Waals surface area contributed by atoms with Gasteiger partial charge in [0.25, 0.3) is 0 Å². The summed E-state index contributed by atoms with van der Waals surface area (Å²) >= 11 is 5.40. The summed E-state index contributed by atoms with van der Waals surface area (Å²) in [4.78, 5) is 4.14. The van der Waals surface area contributed by atoms with Crippen molar-refractivity contribution in [2.45, 2.75) is 6.42 Å². The van der Waals surface area contributed by atoms with Crippen LogP contribution in [-0.2, 0) is 6.42 Å². The lowest BCUT2D eigenvalue weighted by Gasteiger charge is -2.12. The van der Waals surface area contributed by atoms with Crippen molar-refractivity contribution in [2.75, 3.05) is 19.0 Å². The number of nitrogens with zero attached hydrogens (tertiary/aromatic N) is 1. The molecule has 1 heterocycles. The molecule has 0 atom stereocenters. The van der Waals surface area contributed by atoms with E-state index in [0.29, 0.717) is 5.11 Å². The van der Waals surface area contributed by atoms with E-state index in [-0.39, 0.29) is 0 Å². The normalized spacial score (nSPS) is 10.4. The van der Waals surface area contributed by atoms with Gasteiger partial charge in [0.1, 0.15) is 5.75 Å². The number of methoxy groups -OCH3 is 1. The van der Waals surface area contributed by atoms with Crippen LogP contribution < -0.4 is 15.4 Å². The van der Waals surface area contributed by atoms with Gasteiger partial charge >= 0.3 is 0 Å². The summed E-state index contributed by atoms with van der Waals surface area (Å²) in [5.74, 6) is 0.870. The largest absolute Gasteiger partial charge is 0.497 e. The molecular weight excluding hydrogens is 318 g/mol. The molecule has 0 aliphatic rings. The second-order valence-corrected chi connectivity index (χ2v) is 5.79. The van der Waals surface area contributed by atoms with Crippen molar-refractivity contribution in [3.05, 3.63) is 66.5 Å². The van der Waals surface area contributed by atoms with E-state index in [1.165, 1.54) is 5.56 Å². The third-order valence-corrected chi connectivity index (χ3v) is 4.03. The molecule has 3 aromatic rings. The van der Waals surface area contributed by atoms with Crippen molar-refractivity contribution in [1.29, 1.82) is 0 Å². The molecule has 0 saturated carbocycles. The van der Waals surface area contributed by atoms with Gasteiger partial charge in [-0.3, -0.25) is 4.98 Å². The highest BCUT2D eigenvalue weighted by Crippen LogP contribution is 2.21. The van der Waals surface area contributed by atoms with Crippen LogP contribution in [0.25, 0.3) is 10.8 Å². The van der Waals surface area contributed by atoms with Crippen LogP contribution in [0, 0.1) is 0 Å². The highest BCUT2D eigenvalue weighted by Gasteiger charge is 2.03. The maximum atomic E-state index is 5.40. The van der Waals surface area contributed by atoms with E-state index in [1.807, 2.05) is 42.6 Å². The number of anilines is 1. The van der Waals surface area contributed by atoms with Crippen LogP contribution in [-0.4, -0.2) is 23.8 Å². The Morgan fingerprint density at radius 3 is 2.75 bits per heavy atom. The van der Waals surface area contributed by atoms with Crippen molar-refractivity contribution in [1.82, 2.24) is 10.3 Å². The van der Waals surface area contributed by atoms with Gasteiger partial charge in [0, 0.05) is 35.4 Å². The van der Waals surface area contributed by atoms with Gasteiger partial charge < -0.3 is 15.4 Å². The smallest absolute Gasteiger partial charge is 0.170 e. The number of hydrogen-bond donors (Lipinski definition) is 2. The number of fused-ring (bicyclic) bond motifs is 1. The monoisotopic (exact) mass is 337 g/mol. The van der Waals surface area contributed by atoms with Gasteiger partial charge in [-0.15, -0.1) is 0 Å². The number of thiocarbonyl (C=S) groups is 1. The zero-order valence-electron chi connectivity index (χ0n) is 13.5. The third kappa shape index (κ3) is 4.00. The molecule has 0 bridgehead atoms. The summed E-state index contributed by atoms with van der Waals surface area (Å²) in [7, 11) is 1.67. The lowest BCUT2D eigenvalue weighted by molar-refractivity contribution is 0.414. The number of benzene rings is 2. The van der Waals surface area contributed by atoms with Crippen molar-refractivity contribution in [3.8, 4) is 5.75 Å². The quantitative estimate of drug-likeness (QED) is 0.694. The first-order valence-electron chi connectivity index (χ1n) is 7.77. The predicted octanol–water partition coefficient (Wildman–Crippen LogP) is 3.77. The molecule has 2 N–H and O–H groups in total. The number of hydrogen-bond acceptors (Lipinski definition) is 3. The average Bonchev–Trinajstić information content (AvgIpc) is 2.63. The highest BCUT2D eigenvalue weighted by atomic mass is 32.1. The molecule has 0 aliphatic carbocycles. The van der Waals surface area contributed by atoms with E-state index in [9.17, 15) is 0 Å². The Bertz CT molecular complexity index is 828. The van der Waals surface area contributed by atoms with Crippen LogP contribution in [0.15, 0.2) is 60.9 Å². The van der Waals surface area contributed by atoms with Gasteiger partial charge in [-0.05, 0) is 48.5 Å². The van der Waals surface area contributed by atoms with Crippen LogP contribution in [0.2, 0.25) is 0 Å². The number of nitrogens with one attached hydrogen (secondary N) is 2. The lowest BCUT2D eigenvalue weighted by Crippen LogP contribution is -2.30. The summed E-state index contributed by atoms with van der Waals surface area (Å²) in [5, 5.41) is 9.32. The van der Waals surface area contributed by atoms with Crippen molar-refractivity contribution in [3.63, 3.8) is 0 Å². The minimum absolute atomic E-state index is 0.618. The highest BCUT2D eigenvalue weighted by molar-refractivity contribution is 7.80. The standard InChI is InChI=1S/C19H19N3OS/c1-23-16-7-5-14(6-8-16)9-12-21-19(24)22-18-4-2-3-15-13-20-11-10-17(15)18/h2-8,10-11,13H,9,12H2,1H3,(H2,21,22,24). The van der Waals surface area contributed by atoms with E-state index in [1.54, 1.807) is 13.3 Å². The molecule has 122 valence electrons. The fourth-order valence-electron chi connectivity index (χ4n) is 2.51. The average molecular weight is 337 g/mol. The zero-order valence-corrected chi connectivity index (χ0v) is 14.3. The number of pyridine rings is 1. The molecule has 2 aromatic carbocycles. The summed E-state index contributed by atoms with van der Waals surface area (Å²) < 4.78 is 5.16. The topological polar surface area (TPSA) is 46.2 Å². The van der Waals surface area contributed by atoms with Crippen molar-refractivity contribution in [2.24, 2.45) is 0 Å². The number of ether oxygens (including phenoxy) is 1. The predicted molar refractivity (Wildman–Crippen MR) is 103 cm³/mol. The van der Waals surface area contributed by atoms with E-state index >= 15 is 0 Å². The second kappa shape index (κ2) is 7.75. The van der Waals surface area contributed by atoms with Gasteiger partial charge in [0.2, 0.25) is 0 Å². The summed E-state index contributed by atoms with van der Waals surface area (Å²) in [6, 6.07) is 16.1. The lowest BCUT2D eigenvalue weighted by atomic mass is 10.1. The van der Waals surface area contributed by atoms with E-state index in [0.717, 1.165) is 35.2 Å². The SMILES string of the molecule is COc1ccc(CCNC(=S)Nc2cccc3cnccc23)cc1. The maximum absolute atomic E-state index is 5.40. The number of rotatable bonds is 5. The van der Waals surface area contributed by atoms with E-state index in [2.05, 4.69) is 27.8 Å². The second-order valence-electron chi connectivity index (χ2n) is 5.38. The minimum Gasteiger partial charge on any atom is -0.497 e. The molecule has 0 amide bonds. The van der Waals surface area contributed by atoms with E-state index in [4.69, 9.17) is 17.0 Å². The molecule has 3 rings (SSSR count). The Hall–Kier alpha value is -2.66. The summed E-state index contributed by atoms with van der Waals surface area (Å²) in [6.45, 7) is 0.768. The van der Waals surface area contributed by atoms with Crippen LogP contribution >= 0.6 is 12.2 Å². The molecule has 0 unspecified atom stereocenters. The first-order chi connectivity index (χ1) is 11.8. The van der Waals surface area contributed by atoms with Gasteiger partial charge in [-0.2, -0.15) is 0 Å². The number of aromatic nitrogens is 1. The molecule has 0 radical (unpaired) electrons. The van der Waals surface area contributed by atoms with Gasteiger partial charge in [0.15, 0.2) is 5.11 Å². The van der Waals surface area contributed by atoms with Gasteiger partial charge in [0.05, 0.1) is 7.11 Å². The fraction of sp³-hybridized carbons (Fsp3) is 0.158. The minimum atomic E-state index is 0.618. The van der Waals surface area contributed by atoms with Crippen LogP contribution in [0.3, 0.4) is 0 Å². The van der Waals surface area contributed by atoms with Crippen LogP contribution in [0.4, 0.5) is 5.69 Å². The van der Waals surface area contributed by atoms with Crippen LogP contribution in [0.5, 0.6) is 5.75 Å². The Morgan fingerprint density at radius 2 is 1.96 bits per heavy atom. The van der Waals surface area contributed by atoms with Gasteiger partial charge in [-0.25, -0.2) is 0 Å². The van der Waals surface area contributed by atoms with E-state index < -0.39 is 0 Å². The fourth-order valence-corrected chi connectivity index (χ4v) is 2.72. The molecule has 0 fully saturated rings. The Kier molecular flexibility index (Phi) is 5.23. The Labute approximate surface area is 146 Å². The molecule has 0 spiro atoms. The van der Waals surface area contributed by atoms with Gasteiger partial charge in [-0.1, -0.05) is 24.3 Å². The van der Waals surface area contributed by atoms with Crippen LogP contribution in [0.1, 0.15) is 5.56 Å². The maximum Gasteiger partial charge on any atom is 0.170 e. The van der Waals surface area contributed by atoms with Crippen molar-refractivity contribution < 1.29 is 4.74 Å². The molecule has 0 aliphatic heterocycles. The Balaban J connectivity index is 1.55. The summed E-state index contributed by atoms with van der Waals surface area (Å²) in [5.41, 5.74) is 2.22. The first-order valence-corrected chi connectivity index (χ1v) is 8.17. The molecule has 1 aromatic heterocycles. The zero-order chi connectivity index (χ0) is 16.8. The first kappa shape index (κ1) is 16.2. The molecule has 5 heteroatoms. The third-order valence-electron chi connectivity index (χ3n) is 3.79. The molecular formula is C19H19N3OS.